The van der Waals surface area contributed by atoms with Crippen molar-refractivity contribution in [2.45, 2.75) is 19.5 Å². The van der Waals surface area contributed by atoms with Crippen molar-refractivity contribution in [3.8, 4) is 11.9 Å². The van der Waals surface area contributed by atoms with Crippen LogP contribution in [0.5, 0.6) is 5.88 Å². The van der Waals surface area contributed by atoms with Gasteiger partial charge in [-0.25, -0.2) is 4.68 Å². The molecule has 0 aliphatic carbocycles. The minimum Gasteiger partial charge on any atom is -0.478 e. The average Bonchev–Trinajstić information content (AvgIpc) is 3.09. The fourth-order valence-corrected chi connectivity index (χ4v) is 2.69. The Balaban J connectivity index is 1.77. The number of fused-ring (bicyclic) bond motifs is 1. The van der Waals surface area contributed by atoms with Crippen LogP contribution in [0.4, 0.5) is 0 Å². The summed E-state index contributed by atoms with van der Waals surface area (Å²) in [6.07, 6.45) is 0.890. The second-order valence-corrected chi connectivity index (χ2v) is 5.82. The third-order valence-corrected chi connectivity index (χ3v) is 4.04. The Bertz CT molecular complexity index is 753. The zero-order chi connectivity index (χ0) is 17.6. The summed E-state index contributed by atoms with van der Waals surface area (Å²) in [5.74, 6) is 0.478. The third kappa shape index (κ3) is 3.98. The van der Waals surface area contributed by atoms with E-state index in [-0.39, 0.29) is 5.91 Å². The number of methoxy groups -OCH3 is 1. The highest BCUT2D eigenvalue weighted by Crippen LogP contribution is 2.20. The largest absolute Gasteiger partial charge is 0.478 e. The number of aromatic nitrogens is 2. The maximum absolute atomic E-state index is 12.9. The molecule has 2 aromatic rings. The molecule has 0 unspecified atom stereocenters. The number of ether oxygens (including phenoxy) is 2. The number of hydrogen-bond donors (Lipinski definition) is 0. The molecule has 2 heterocycles. The monoisotopic (exact) mass is 340 g/mol. The highest BCUT2D eigenvalue weighted by Gasteiger charge is 2.22. The number of nitrogens with zero attached hydrogens (tertiary/aromatic N) is 4. The van der Waals surface area contributed by atoms with Crippen molar-refractivity contribution in [3.05, 3.63) is 47.2 Å². The quantitative estimate of drug-likeness (QED) is 0.801. The summed E-state index contributed by atoms with van der Waals surface area (Å²) < 4.78 is 12.4. The molecule has 0 N–H and O–H groups in total. The molecule has 25 heavy (non-hydrogen) atoms. The lowest BCUT2D eigenvalue weighted by Gasteiger charge is -2.21. The molecule has 7 nitrogen and oxygen atoms in total. The molecule has 1 aromatic carbocycles. The highest BCUT2D eigenvalue weighted by molar-refractivity contribution is 5.92. The SMILES string of the molecule is COCCN(Cc1ccc(C#N)cc1)C(=O)c1cc2n(n1)CCCO2. The summed E-state index contributed by atoms with van der Waals surface area (Å²) in [4.78, 5) is 14.6. The minimum atomic E-state index is -0.160. The van der Waals surface area contributed by atoms with Crippen LogP contribution in [0.25, 0.3) is 0 Å². The summed E-state index contributed by atoms with van der Waals surface area (Å²) in [6, 6.07) is 11.0. The number of aryl methyl sites for hydroxylation is 1. The van der Waals surface area contributed by atoms with Gasteiger partial charge in [-0.3, -0.25) is 4.79 Å². The zero-order valence-electron chi connectivity index (χ0n) is 14.1. The topological polar surface area (TPSA) is 80.4 Å². The van der Waals surface area contributed by atoms with E-state index in [2.05, 4.69) is 11.2 Å². The molecule has 3 rings (SSSR count). The van der Waals surface area contributed by atoms with E-state index in [1.807, 2.05) is 12.1 Å². The van der Waals surface area contributed by atoms with Gasteiger partial charge in [0.1, 0.15) is 0 Å². The maximum Gasteiger partial charge on any atom is 0.274 e. The molecule has 130 valence electrons. The Hall–Kier alpha value is -2.85. The van der Waals surface area contributed by atoms with Gasteiger partial charge in [-0.15, -0.1) is 0 Å². The van der Waals surface area contributed by atoms with E-state index in [1.54, 1.807) is 34.9 Å². The molecular weight excluding hydrogens is 320 g/mol. The van der Waals surface area contributed by atoms with Crippen LogP contribution in [0, 0.1) is 11.3 Å². The number of nitriles is 1. The molecule has 0 fully saturated rings. The fourth-order valence-electron chi connectivity index (χ4n) is 2.69. The van der Waals surface area contributed by atoms with Crippen LogP contribution in [-0.4, -0.2) is 47.5 Å². The Morgan fingerprint density at radius 2 is 2.24 bits per heavy atom. The number of amides is 1. The Labute approximate surface area is 146 Å². The molecule has 0 atom stereocenters. The van der Waals surface area contributed by atoms with Crippen molar-refractivity contribution in [3.63, 3.8) is 0 Å². The van der Waals surface area contributed by atoms with E-state index < -0.39 is 0 Å². The normalized spacial score (nSPS) is 12.8. The number of rotatable bonds is 6. The van der Waals surface area contributed by atoms with E-state index in [9.17, 15) is 4.79 Å². The Kier molecular flexibility index (Phi) is 5.31. The van der Waals surface area contributed by atoms with Crippen LogP contribution in [0.3, 0.4) is 0 Å². The van der Waals surface area contributed by atoms with Crippen LogP contribution in [0.1, 0.15) is 28.0 Å². The smallest absolute Gasteiger partial charge is 0.274 e. The van der Waals surface area contributed by atoms with Crippen molar-refractivity contribution < 1.29 is 14.3 Å². The van der Waals surface area contributed by atoms with Gasteiger partial charge in [0.05, 0.1) is 24.8 Å². The molecule has 1 aromatic heterocycles. The molecule has 7 heteroatoms. The first-order valence-electron chi connectivity index (χ1n) is 8.19. The van der Waals surface area contributed by atoms with E-state index >= 15 is 0 Å². The average molecular weight is 340 g/mol. The van der Waals surface area contributed by atoms with Gasteiger partial charge in [-0.05, 0) is 17.7 Å². The second kappa shape index (κ2) is 7.81. The molecule has 1 aliphatic heterocycles. The van der Waals surface area contributed by atoms with Crippen LogP contribution in [0.2, 0.25) is 0 Å². The predicted molar refractivity (Wildman–Crippen MR) is 90.1 cm³/mol. The molecule has 1 aliphatic rings. The number of benzene rings is 1. The second-order valence-electron chi connectivity index (χ2n) is 5.82. The van der Waals surface area contributed by atoms with Gasteiger partial charge in [-0.1, -0.05) is 12.1 Å². The number of carbonyl (C=O) groups excluding carboxylic acids is 1. The van der Waals surface area contributed by atoms with Crippen molar-refractivity contribution in [2.24, 2.45) is 0 Å². The summed E-state index contributed by atoms with van der Waals surface area (Å²) >= 11 is 0. The summed E-state index contributed by atoms with van der Waals surface area (Å²) in [7, 11) is 1.60. The van der Waals surface area contributed by atoms with Gasteiger partial charge in [0.15, 0.2) is 5.69 Å². The zero-order valence-corrected chi connectivity index (χ0v) is 14.1. The number of carbonyl (C=O) groups is 1. The van der Waals surface area contributed by atoms with E-state index in [0.29, 0.717) is 43.4 Å². The van der Waals surface area contributed by atoms with Crippen molar-refractivity contribution in [2.75, 3.05) is 26.9 Å². The van der Waals surface area contributed by atoms with Gasteiger partial charge >= 0.3 is 0 Å². The van der Waals surface area contributed by atoms with Gasteiger partial charge in [-0.2, -0.15) is 10.4 Å². The van der Waals surface area contributed by atoms with Gasteiger partial charge < -0.3 is 14.4 Å². The van der Waals surface area contributed by atoms with Crippen molar-refractivity contribution >= 4 is 5.91 Å². The lowest BCUT2D eigenvalue weighted by Crippen LogP contribution is -2.33. The van der Waals surface area contributed by atoms with Gasteiger partial charge in [0.2, 0.25) is 5.88 Å². The van der Waals surface area contributed by atoms with E-state index in [1.165, 1.54) is 0 Å². The van der Waals surface area contributed by atoms with Crippen molar-refractivity contribution in [1.29, 1.82) is 5.26 Å². The standard InChI is InChI=1S/C18H20N4O3/c1-24-10-8-21(13-15-5-3-14(12-19)4-6-15)18(23)16-11-17-22(20-16)7-2-9-25-17/h3-6,11H,2,7-10,13H2,1H3. The highest BCUT2D eigenvalue weighted by atomic mass is 16.5. The first-order chi connectivity index (χ1) is 12.2. The summed E-state index contributed by atoms with van der Waals surface area (Å²) in [5, 5.41) is 13.3. The first-order valence-corrected chi connectivity index (χ1v) is 8.19. The molecule has 0 saturated carbocycles. The summed E-state index contributed by atoms with van der Waals surface area (Å²) in [5.41, 5.74) is 1.92. The third-order valence-electron chi connectivity index (χ3n) is 4.04. The van der Waals surface area contributed by atoms with Crippen LogP contribution in [-0.2, 0) is 17.8 Å². The summed E-state index contributed by atoms with van der Waals surface area (Å²) in [6.45, 7) is 2.73. The minimum absolute atomic E-state index is 0.160. The molecule has 1 amide bonds. The first kappa shape index (κ1) is 17.0. The number of hydrogen-bond acceptors (Lipinski definition) is 5. The molecule has 0 radical (unpaired) electrons. The molecule has 0 saturated heterocycles. The molecule has 0 spiro atoms. The van der Waals surface area contributed by atoms with E-state index in [4.69, 9.17) is 14.7 Å². The Morgan fingerprint density at radius 3 is 2.92 bits per heavy atom. The van der Waals surface area contributed by atoms with Crippen LogP contribution in [0.15, 0.2) is 30.3 Å². The van der Waals surface area contributed by atoms with Gasteiger partial charge in [0.25, 0.3) is 5.91 Å². The Morgan fingerprint density at radius 1 is 1.44 bits per heavy atom. The lowest BCUT2D eigenvalue weighted by molar-refractivity contribution is 0.0673. The van der Waals surface area contributed by atoms with Crippen LogP contribution >= 0.6 is 0 Å². The molecular formula is C18H20N4O3. The van der Waals surface area contributed by atoms with E-state index in [0.717, 1.165) is 18.5 Å². The van der Waals surface area contributed by atoms with Crippen molar-refractivity contribution in [1.82, 2.24) is 14.7 Å². The van der Waals surface area contributed by atoms with Crippen LogP contribution < -0.4 is 4.74 Å². The fraction of sp³-hybridized carbons (Fsp3) is 0.389. The molecule has 0 bridgehead atoms. The lowest BCUT2D eigenvalue weighted by atomic mass is 10.1. The van der Waals surface area contributed by atoms with Gasteiger partial charge in [0, 0.05) is 39.2 Å². The predicted octanol–water partition coefficient (Wildman–Crippen LogP) is 1.83. The maximum atomic E-state index is 12.9.